The Morgan fingerprint density at radius 3 is 2.07 bits per heavy atom. The number of allylic oxidation sites excluding steroid dienone is 1. The molecule has 14 heavy (non-hydrogen) atoms. The van der Waals surface area contributed by atoms with Crippen molar-refractivity contribution in [3.63, 3.8) is 0 Å². The summed E-state index contributed by atoms with van der Waals surface area (Å²) in [6, 6.07) is 10.5. The third kappa shape index (κ3) is 4.86. The van der Waals surface area contributed by atoms with Gasteiger partial charge in [0.15, 0.2) is 0 Å². The van der Waals surface area contributed by atoms with Crippen molar-refractivity contribution in [3.8, 4) is 0 Å². The molecule has 0 spiro atoms. The Balaban J connectivity index is 0.000000791. The van der Waals surface area contributed by atoms with Crippen LogP contribution in [-0.4, -0.2) is 0 Å². The van der Waals surface area contributed by atoms with Gasteiger partial charge in [-0.1, -0.05) is 64.1 Å². The maximum atomic E-state index is 3.83. The van der Waals surface area contributed by atoms with Gasteiger partial charge >= 0.3 is 0 Å². The zero-order valence-corrected chi connectivity index (χ0v) is 9.88. The van der Waals surface area contributed by atoms with Crippen molar-refractivity contribution in [2.45, 2.75) is 34.1 Å². The molecule has 0 aliphatic rings. The Bertz CT molecular complexity index is 244. The van der Waals surface area contributed by atoms with Crippen LogP contribution in [0, 0.1) is 5.41 Å². The third-order valence-corrected chi connectivity index (χ3v) is 2.06. The van der Waals surface area contributed by atoms with E-state index in [1.54, 1.807) is 0 Å². The lowest BCUT2D eigenvalue weighted by atomic mass is 9.86. The molecule has 1 aromatic rings. The van der Waals surface area contributed by atoms with Gasteiger partial charge in [0.05, 0.1) is 0 Å². The summed E-state index contributed by atoms with van der Waals surface area (Å²) in [5.74, 6) is 0. The minimum atomic E-state index is 0.210. The van der Waals surface area contributed by atoms with Gasteiger partial charge in [0.25, 0.3) is 0 Å². The zero-order valence-electron chi connectivity index (χ0n) is 9.88. The zero-order chi connectivity index (χ0) is 11.0. The van der Waals surface area contributed by atoms with Crippen molar-refractivity contribution in [3.05, 3.63) is 48.6 Å². The van der Waals surface area contributed by atoms with E-state index in [0.29, 0.717) is 0 Å². The second kappa shape index (κ2) is 6.42. The van der Waals surface area contributed by atoms with E-state index >= 15 is 0 Å². The van der Waals surface area contributed by atoms with Gasteiger partial charge in [-0.25, -0.2) is 0 Å². The highest BCUT2D eigenvalue weighted by molar-refractivity contribution is 5.17. The molecule has 0 radical (unpaired) electrons. The van der Waals surface area contributed by atoms with Crippen molar-refractivity contribution in [2.75, 3.05) is 0 Å². The SMILES string of the molecule is C=CC(C)(C)Cc1ccccc1.CC. The van der Waals surface area contributed by atoms with Crippen LogP contribution in [0.2, 0.25) is 0 Å². The molecule has 1 rings (SSSR count). The second-order valence-electron chi connectivity index (χ2n) is 3.86. The minimum absolute atomic E-state index is 0.210. The first kappa shape index (κ1) is 13.0. The molecular formula is C14H22. The molecule has 0 amide bonds. The number of hydrogen-bond donors (Lipinski definition) is 0. The van der Waals surface area contributed by atoms with E-state index in [0.717, 1.165) is 6.42 Å². The first-order valence-electron chi connectivity index (χ1n) is 5.31. The van der Waals surface area contributed by atoms with E-state index in [-0.39, 0.29) is 5.41 Å². The molecule has 0 aliphatic carbocycles. The Hall–Kier alpha value is -1.04. The highest BCUT2D eigenvalue weighted by atomic mass is 14.2. The molecule has 0 bridgehead atoms. The van der Waals surface area contributed by atoms with Gasteiger partial charge in [0.2, 0.25) is 0 Å². The molecule has 0 aromatic heterocycles. The van der Waals surface area contributed by atoms with Crippen LogP contribution in [0.3, 0.4) is 0 Å². The summed E-state index contributed by atoms with van der Waals surface area (Å²) >= 11 is 0. The fraction of sp³-hybridized carbons (Fsp3) is 0.429. The van der Waals surface area contributed by atoms with Crippen LogP contribution >= 0.6 is 0 Å². The molecular weight excluding hydrogens is 168 g/mol. The maximum Gasteiger partial charge on any atom is -0.0137 e. The summed E-state index contributed by atoms with van der Waals surface area (Å²) in [4.78, 5) is 0. The fourth-order valence-corrected chi connectivity index (χ4v) is 1.19. The Labute approximate surface area is 88.7 Å². The average Bonchev–Trinajstić information content (AvgIpc) is 2.22. The number of rotatable bonds is 3. The molecule has 1 aromatic carbocycles. The number of hydrogen-bond acceptors (Lipinski definition) is 0. The molecule has 0 fully saturated rings. The quantitative estimate of drug-likeness (QED) is 0.617. The molecule has 0 N–H and O–H groups in total. The first-order valence-corrected chi connectivity index (χ1v) is 5.31. The molecule has 0 nitrogen and oxygen atoms in total. The van der Waals surface area contributed by atoms with Crippen LogP contribution < -0.4 is 0 Å². The second-order valence-corrected chi connectivity index (χ2v) is 3.86. The predicted molar refractivity (Wildman–Crippen MR) is 65.5 cm³/mol. The van der Waals surface area contributed by atoms with E-state index in [9.17, 15) is 0 Å². The van der Waals surface area contributed by atoms with Gasteiger partial charge < -0.3 is 0 Å². The standard InChI is InChI=1S/C12H16.C2H6/c1-4-12(2,3)10-11-8-6-5-7-9-11;1-2/h4-9H,1,10H2,2-3H3;1-2H3. The predicted octanol–water partition coefficient (Wildman–Crippen LogP) is 4.47. The Kier molecular flexibility index (Phi) is 5.94. The summed E-state index contributed by atoms with van der Waals surface area (Å²) in [5, 5.41) is 0. The Morgan fingerprint density at radius 1 is 1.14 bits per heavy atom. The van der Waals surface area contributed by atoms with E-state index in [2.05, 4.69) is 44.7 Å². The van der Waals surface area contributed by atoms with Gasteiger partial charge in [0, 0.05) is 0 Å². The minimum Gasteiger partial charge on any atom is -0.103 e. The summed E-state index contributed by atoms with van der Waals surface area (Å²) in [5.41, 5.74) is 1.59. The summed E-state index contributed by atoms with van der Waals surface area (Å²) in [6.07, 6.45) is 3.08. The summed E-state index contributed by atoms with van der Waals surface area (Å²) in [6.45, 7) is 12.2. The normalized spacial score (nSPS) is 10.0. The lowest BCUT2D eigenvalue weighted by Gasteiger charge is -2.19. The smallest absolute Gasteiger partial charge is 0.0137 e. The summed E-state index contributed by atoms with van der Waals surface area (Å²) < 4.78 is 0. The molecule has 0 atom stereocenters. The van der Waals surface area contributed by atoms with Crippen molar-refractivity contribution in [1.29, 1.82) is 0 Å². The van der Waals surface area contributed by atoms with Crippen molar-refractivity contribution < 1.29 is 0 Å². The van der Waals surface area contributed by atoms with Crippen LogP contribution in [0.1, 0.15) is 33.3 Å². The van der Waals surface area contributed by atoms with Crippen LogP contribution in [0.25, 0.3) is 0 Å². The molecule has 0 unspecified atom stereocenters. The monoisotopic (exact) mass is 190 g/mol. The fourth-order valence-electron chi connectivity index (χ4n) is 1.19. The van der Waals surface area contributed by atoms with Crippen LogP contribution in [-0.2, 0) is 6.42 Å². The van der Waals surface area contributed by atoms with Gasteiger partial charge in [0.1, 0.15) is 0 Å². The number of benzene rings is 1. The van der Waals surface area contributed by atoms with Gasteiger partial charge in [-0.2, -0.15) is 0 Å². The molecule has 0 saturated carbocycles. The van der Waals surface area contributed by atoms with Crippen molar-refractivity contribution >= 4 is 0 Å². The van der Waals surface area contributed by atoms with Crippen molar-refractivity contribution in [1.82, 2.24) is 0 Å². The molecule has 0 heterocycles. The van der Waals surface area contributed by atoms with E-state index < -0.39 is 0 Å². The van der Waals surface area contributed by atoms with Crippen LogP contribution in [0.4, 0.5) is 0 Å². The van der Waals surface area contributed by atoms with Gasteiger partial charge in [-0.3, -0.25) is 0 Å². The largest absolute Gasteiger partial charge is 0.103 e. The molecule has 0 heteroatoms. The van der Waals surface area contributed by atoms with Crippen LogP contribution in [0.15, 0.2) is 43.0 Å². The third-order valence-electron chi connectivity index (χ3n) is 2.06. The highest BCUT2D eigenvalue weighted by Crippen LogP contribution is 2.22. The van der Waals surface area contributed by atoms with E-state index in [1.807, 2.05) is 26.0 Å². The highest BCUT2D eigenvalue weighted by Gasteiger charge is 2.12. The van der Waals surface area contributed by atoms with Gasteiger partial charge in [-0.05, 0) is 17.4 Å². The maximum absolute atomic E-state index is 3.83. The van der Waals surface area contributed by atoms with Crippen LogP contribution in [0.5, 0.6) is 0 Å². The topological polar surface area (TPSA) is 0 Å². The molecule has 78 valence electrons. The average molecular weight is 190 g/mol. The van der Waals surface area contributed by atoms with Crippen molar-refractivity contribution in [2.24, 2.45) is 5.41 Å². The molecule has 0 aliphatic heterocycles. The van der Waals surface area contributed by atoms with Gasteiger partial charge in [-0.15, -0.1) is 6.58 Å². The lowest BCUT2D eigenvalue weighted by Crippen LogP contribution is -2.10. The van der Waals surface area contributed by atoms with E-state index in [4.69, 9.17) is 0 Å². The molecule has 0 saturated heterocycles. The first-order chi connectivity index (χ1) is 6.64. The van der Waals surface area contributed by atoms with E-state index in [1.165, 1.54) is 5.56 Å². The summed E-state index contributed by atoms with van der Waals surface area (Å²) in [7, 11) is 0. The Morgan fingerprint density at radius 2 is 1.64 bits per heavy atom. The lowest BCUT2D eigenvalue weighted by molar-refractivity contribution is 0.479.